The number of hydrogen-bond donors (Lipinski definition) is 3. The van der Waals surface area contributed by atoms with E-state index in [1.165, 1.54) is 6.42 Å². The van der Waals surface area contributed by atoms with Gasteiger partial charge in [-0.15, -0.1) is 0 Å². The Labute approximate surface area is 132 Å². The first-order chi connectivity index (χ1) is 10.6. The standard InChI is InChI=1S/C17H27N3O2/c1-13-11-15(21)12-14(2)17(13)19-16(22)5-3-8-20-9-4-6-18-7-10-20/h11-12,18,21H,3-10H2,1-2H3,(H,19,22). The molecule has 2 rings (SSSR count). The minimum absolute atomic E-state index is 0.0461. The molecule has 0 unspecified atom stereocenters. The van der Waals surface area contributed by atoms with Crippen LogP contribution in [0.3, 0.4) is 0 Å². The molecule has 1 fully saturated rings. The minimum atomic E-state index is 0.0461. The van der Waals surface area contributed by atoms with Gasteiger partial charge in [-0.1, -0.05) is 0 Å². The van der Waals surface area contributed by atoms with E-state index >= 15 is 0 Å². The van der Waals surface area contributed by atoms with E-state index in [-0.39, 0.29) is 11.7 Å². The third-order valence-corrected chi connectivity index (χ3v) is 4.09. The molecule has 3 N–H and O–H groups in total. The van der Waals surface area contributed by atoms with Gasteiger partial charge in [0, 0.05) is 25.2 Å². The number of anilines is 1. The van der Waals surface area contributed by atoms with Gasteiger partial charge in [-0.2, -0.15) is 0 Å². The van der Waals surface area contributed by atoms with Crippen LogP contribution in [0.4, 0.5) is 5.69 Å². The molecule has 1 saturated heterocycles. The zero-order chi connectivity index (χ0) is 15.9. The van der Waals surface area contributed by atoms with Crippen LogP contribution in [0.2, 0.25) is 0 Å². The monoisotopic (exact) mass is 305 g/mol. The molecule has 0 aromatic heterocycles. The Bertz CT molecular complexity index is 486. The van der Waals surface area contributed by atoms with Crippen LogP contribution in [0.25, 0.3) is 0 Å². The van der Waals surface area contributed by atoms with Crippen molar-refractivity contribution in [2.45, 2.75) is 33.1 Å². The quantitative estimate of drug-likeness (QED) is 0.728. The number of benzene rings is 1. The largest absolute Gasteiger partial charge is 0.508 e. The minimum Gasteiger partial charge on any atom is -0.508 e. The number of nitrogens with one attached hydrogen (secondary N) is 2. The van der Waals surface area contributed by atoms with Crippen LogP contribution in [0.5, 0.6) is 5.75 Å². The summed E-state index contributed by atoms with van der Waals surface area (Å²) in [6, 6.07) is 3.35. The number of phenols is 1. The van der Waals surface area contributed by atoms with Gasteiger partial charge in [0.1, 0.15) is 5.75 Å². The van der Waals surface area contributed by atoms with E-state index in [1.54, 1.807) is 12.1 Å². The van der Waals surface area contributed by atoms with Gasteiger partial charge in [0.2, 0.25) is 5.91 Å². The maximum absolute atomic E-state index is 12.1. The van der Waals surface area contributed by atoms with Crippen molar-refractivity contribution in [3.05, 3.63) is 23.3 Å². The molecule has 1 aliphatic heterocycles. The highest BCUT2D eigenvalue weighted by molar-refractivity contribution is 5.92. The van der Waals surface area contributed by atoms with Crippen molar-refractivity contribution in [3.8, 4) is 5.75 Å². The second-order valence-electron chi connectivity index (χ2n) is 6.05. The maximum atomic E-state index is 12.1. The number of hydrogen-bond acceptors (Lipinski definition) is 4. The average Bonchev–Trinajstić information content (AvgIpc) is 2.71. The molecule has 0 atom stereocenters. The molecule has 5 heteroatoms. The van der Waals surface area contributed by atoms with Gasteiger partial charge in [0.25, 0.3) is 0 Å². The van der Waals surface area contributed by atoms with Crippen LogP contribution >= 0.6 is 0 Å². The number of amides is 1. The van der Waals surface area contributed by atoms with Crippen molar-refractivity contribution in [1.29, 1.82) is 0 Å². The lowest BCUT2D eigenvalue weighted by Gasteiger charge is -2.19. The third kappa shape index (κ3) is 5.00. The van der Waals surface area contributed by atoms with Crippen molar-refractivity contribution in [2.75, 3.05) is 38.0 Å². The smallest absolute Gasteiger partial charge is 0.224 e. The van der Waals surface area contributed by atoms with E-state index in [1.807, 2.05) is 13.8 Å². The summed E-state index contributed by atoms with van der Waals surface area (Å²) < 4.78 is 0. The number of carbonyl (C=O) groups excluding carboxylic acids is 1. The van der Waals surface area contributed by atoms with E-state index in [4.69, 9.17) is 0 Å². The summed E-state index contributed by atoms with van der Waals surface area (Å²) >= 11 is 0. The Morgan fingerprint density at radius 3 is 2.73 bits per heavy atom. The first-order valence-corrected chi connectivity index (χ1v) is 8.09. The van der Waals surface area contributed by atoms with Gasteiger partial charge in [-0.25, -0.2) is 0 Å². The summed E-state index contributed by atoms with van der Waals surface area (Å²) in [7, 11) is 0. The normalized spacial score (nSPS) is 16.3. The molecule has 22 heavy (non-hydrogen) atoms. The van der Waals surface area contributed by atoms with Gasteiger partial charge >= 0.3 is 0 Å². The van der Waals surface area contributed by atoms with Crippen LogP contribution in [0, 0.1) is 13.8 Å². The Hall–Kier alpha value is -1.59. The van der Waals surface area contributed by atoms with Crippen molar-refractivity contribution < 1.29 is 9.90 Å². The van der Waals surface area contributed by atoms with E-state index in [0.29, 0.717) is 6.42 Å². The maximum Gasteiger partial charge on any atom is 0.224 e. The lowest BCUT2D eigenvalue weighted by molar-refractivity contribution is -0.116. The fraction of sp³-hybridized carbons (Fsp3) is 0.588. The van der Waals surface area contributed by atoms with E-state index in [2.05, 4.69) is 15.5 Å². The van der Waals surface area contributed by atoms with Gasteiger partial charge in [0.05, 0.1) is 0 Å². The Balaban J connectivity index is 1.78. The zero-order valence-corrected chi connectivity index (χ0v) is 13.6. The number of rotatable bonds is 5. The number of aryl methyl sites for hydroxylation is 2. The highest BCUT2D eigenvalue weighted by Crippen LogP contribution is 2.25. The molecule has 5 nitrogen and oxygen atoms in total. The van der Waals surface area contributed by atoms with Crippen LogP contribution < -0.4 is 10.6 Å². The molecule has 1 aromatic carbocycles. The second kappa shape index (κ2) is 8.15. The molecular weight excluding hydrogens is 278 g/mol. The van der Waals surface area contributed by atoms with Gasteiger partial charge in [-0.05, 0) is 69.6 Å². The highest BCUT2D eigenvalue weighted by atomic mass is 16.3. The van der Waals surface area contributed by atoms with E-state index in [9.17, 15) is 9.90 Å². The van der Waals surface area contributed by atoms with Crippen molar-refractivity contribution in [1.82, 2.24) is 10.2 Å². The van der Waals surface area contributed by atoms with Crippen molar-refractivity contribution >= 4 is 11.6 Å². The molecule has 0 aliphatic carbocycles. The fourth-order valence-corrected chi connectivity index (χ4v) is 2.93. The summed E-state index contributed by atoms with van der Waals surface area (Å²) in [5, 5.41) is 15.9. The van der Waals surface area contributed by atoms with Gasteiger partial charge in [0.15, 0.2) is 0 Å². The Morgan fingerprint density at radius 1 is 1.27 bits per heavy atom. The molecular formula is C17H27N3O2. The van der Waals surface area contributed by atoms with Crippen molar-refractivity contribution in [3.63, 3.8) is 0 Å². The molecule has 1 heterocycles. The summed E-state index contributed by atoms with van der Waals surface area (Å²) in [5.74, 6) is 0.285. The molecule has 1 aliphatic rings. The zero-order valence-electron chi connectivity index (χ0n) is 13.6. The van der Waals surface area contributed by atoms with Crippen molar-refractivity contribution in [2.24, 2.45) is 0 Å². The number of carbonyl (C=O) groups is 1. The van der Waals surface area contributed by atoms with Gasteiger partial charge < -0.3 is 20.6 Å². The SMILES string of the molecule is Cc1cc(O)cc(C)c1NC(=O)CCCN1CCCNCC1. The summed E-state index contributed by atoms with van der Waals surface area (Å²) in [6.07, 6.45) is 2.59. The lowest BCUT2D eigenvalue weighted by atomic mass is 10.1. The lowest BCUT2D eigenvalue weighted by Crippen LogP contribution is -2.29. The number of aromatic hydroxyl groups is 1. The molecule has 1 amide bonds. The van der Waals surface area contributed by atoms with E-state index in [0.717, 1.165) is 56.0 Å². The molecule has 0 saturated carbocycles. The summed E-state index contributed by atoms with van der Waals surface area (Å²) in [5.41, 5.74) is 2.61. The van der Waals surface area contributed by atoms with Crippen LogP contribution in [-0.4, -0.2) is 48.6 Å². The third-order valence-electron chi connectivity index (χ3n) is 4.09. The number of phenolic OH excluding ortho intramolecular Hbond substituents is 1. The van der Waals surface area contributed by atoms with Gasteiger partial charge in [-0.3, -0.25) is 4.79 Å². The van der Waals surface area contributed by atoms with Crippen LogP contribution in [0.1, 0.15) is 30.4 Å². The summed E-state index contributed by atoms with van der Waals surface area (Å²) in [4.78, 5) is 14.5. The van der Waals surface area contributed by atoms with E-state index < -0.39 is 0 Å². The first-order valence-electron chi connectivity index (χ1n) is 8.09. The Morgan fingerprint density at radius 2 is 2.00 bits per heavy atom. The molecule has 1 aromatic rings. The number of nitrogens with zero attached hydrogens (tertiary/aromatic N) is 1. The molecule has 0 radical (unpaired) electrons. The topological polar surface area (TPSA) is 64.6 Å². The Kier molecular flexibility index (Phi) is 6.21. The predicted octanol–water partition coefficient (Wildman–Crippen LogP) is 2.02. The highest BCUT2D eigenvalue weighted by Gasteiger charge is 2.11. The molecule has 122 valence electrons. The van der Waals surface area contributed by atoms with Crippen LogP contribution in [-0.2, 0) is 4.79 Å². The average molecular weight is 305 g/mol. The first kappa shape index (κ1) is 16.8. The predicted molar refractivity (Wildman–Crippen MR) is 89.4 cm³/mol. The summed E-state index contributed by atoms with van der Waals surface area (Å²) in [6.45, 7) is 9.08. The fourth-order valence-electron chi connectivity index (χ4n) is 2.93. The molecule has 0 spiro atoms. The second-order valence-corrected chi connectivity index (χ2v) is 6.05. The molecule has 0 bridgehead atoms. The van der Waals surface area contributed by atoms with Crippen LogP contribution in [0.15, 0.2) is 12.1 Å².